The third kappa shape index (κ3) is 3.04. The highest BCUT2D eigenvalue weighted by Crippen LogP contribution is 2.28. The van der Waals surface area contributed by atoms with Crippen LogP contribution < -0.4 is 0 Å². The first-order chi connectivity index (χ1) is 8.91. The quantitative estimate of drug-likeness (QED) is 0.888. The lowest BCUT2D eigenvalue weighted by atomic mass is 9.85. The highest BCUT2D eigenvalue weighted by molar-refractivity contribution is 5.63. The van der Waals surface area contributed by atoms with Crippen LogP contribution in [0, 0.1) is 6.92 Å². The smallest absolute Gasteiger partial charge is 0.108 e. The zero-order chi connectivity index (χ0) is 14.0. The maximum absolute atomic E-state index is 8.92. The Morgan fingerprint density at radius 1 is 1.26 bits per heavy atom. The van der Waals surface area contributed by atoms with Crippen LogP contribution in [0.25, 0.3) is 11.3 Å². The summed E-state index contributed by atoms with van der Waals surface area (Å²) in [7, 11) is 0. The van der Waals surface area contributed by atoms with Crippen molar-refractivity contribution in [3.8, 4) is 11.3 Å². The van der Waals surface area contributed by atoms with Gasteiger partial charge in [-0.1, -0.05) is 39.0 Å². The van der Waals surface area contributed by atoms with E-state index in [-0.39, 0.29) is 12.0 Å². The van der Waals surface area contributed by atoms with Gasteiger partial charge in [0.25, 0.3) is 0 Å². The van der Waals surface area contributed by atoms with Crippen molar-refractivity contribution in [3.63, 3.8) is 0 Å². The van der Waals surface area contributed by atoms with Crippen LogP contribution in [0.5, 0.6) is 0 Å². The number of imidazole rings is 1. The fourth-order valence-corrected chi connectivity index (χ4v) is 2.16. The molecule has 0 atom stereocenters. The number of nitrogens with one attached hydrogen (secondary N) is 1. The Hall–Kier alpha value is -1.61. The van der Waals surface area contributed by atoms with E-state index in [4.69, 9.17) is 5.11 Å². The standard InChI is InChI=1S/C16H22N2O/c1-11-9-12(16(2,3)4)5-6-13(11)14-10-17-15(18-14)7-8-19/h5-6,9-10,19H,7-8H2,1-4H3,(H,17,18). The summed E-state index contributed by atoms with van der Waals surface area (Å²) in [4.78, 5) is 7.54. The number of aliphatic hydroxyl groups excluding tert-OH is 1. The number of hydrogen-bond donors (Lipinski definition) is 2. The topological polar surface area (TPSA) is 48.9 Å². The molecule has 102 valence electrons. The first-order valence-electron chi connectivity index (χ1n) is 6.68. The lowest BCUT2D eigenvalue weighted by molar-refractivity contribution is 0.297. The van der Waals surface area contributed by atoms with Gasteiger partial charge >= 0.3 is 0 Å². The van der Waals surface area contributed by atoms with Gasteiger partial charge in [-0.25, -0.2) is 4.98 Å². The molecule has 2 rings (SSSR count). The molecule has 0 amide bonds. The predicted octanol–water partition coefficient (Wildman–Crippen LogP) is 3.22. The fourth-order valence-electron chi connectivity index (χ4n) is 2.16. The van der Waals surface area contributed by atoms with Crippen LogP contribution in [0.1, 0.15) is 37.7 Å². The predicted molar refractivity (Wildman–Crippen MR) is 78.3 cm³/mol. The molecule has 19 heavy (non-hydrogen) atoms. The van der Waals surface area contributed by atoms with E-state index in [0.29, 0.717) is 6.42 Å². The Kier molecular flexibility index (Phi) is 3.76. The van der Waals surface area contributed by atoms with E-state index in [1.807, 2.05) is 6.20 Å². The second kappa shape index (κ2) is 5.17. The van der Waals surface area contributed by atoms with Crippen molar-refractivity contribution in [2.24, 2.45) is 0 Å². The molecule has 3 nitrogen and oxygen atoms in total. The number of aromatic nitrogens is 2. The van der Waals surface area contributed by atoms with Gasteiger partial charge in [-0.3, -0.25) is 0 Å². The number of nitrogens with zero attached hydrogens (tertiary/aromatic N) is 1. The fraction of sp³-hybridized carbons (Fsp3) is 0.438. The average molecular weight is 258 g/mol. The second-order valence-corrected chi connectivity index (χ2v) is 6.00. The zero-order valence-electron chi connectivity index (χ0n) is 12.1. The number of hydrogen-bond acceptors (Lipinski definition) is 2. The SMILES string of the molecule is Cc1cc(C(C)(C)C)ccc1-c1cnc(CCO)[nH]1. The molecule has 0 aliphatic rings. The van der Waals surface area contributed by atoms with Crippen molar-refractivity contribution in [1.29, 1.82) is 0 Å². The summed E-state index contributed by atoms with van der Waals surface area (Å²) in [6.45, 7) is 8.90. The van der Waals surface area contributed by atoms with Crippen LogP contribution >= 0.6 is 0 Å². The molecule has 1 aromatic heterocycles. The minimum absolute atomic E-state index is 0.120. The van der Waals surface area contributed by atoms with Gasteiger partial charge in [-0.15, -0.1) is 0 Å². The average Bonchev–Trinajstić information content (AvgIpc) is 2.76. The van der Waals surface area contributed by atoms with Gasteiger partial charge in [-0.2, -0.15) is 0 Å². The number of H-pyrrole nitrogens is 1. The summed E-state index contributed by atoms with van der Waals surface area (Å²) >= 11 is 0. The lowest BCUT2D eigenvalue weighted by Crippen LogP contribution is -2.11. The van der Waals surface area contributed by atoms with E-state index in [1.165, 1.54) is 16.7 Å². The molecule has 1 heterocycles. The molecule has 0 aliphatic heterocycles. The third-order valence-electron chi connectivity index (χ3n) is 3.36. The van der Waals surface area contributed by atoms with Gasteiger partial charge in [0.15, 0.2) is 0 Å². The first-order valence-corrected chi connectivity index (χ1v) is 6.68. The maximum Gasteiger partial charge on any atom is 0.108 e. The molecule has 1 aromatic carbocycles. The van der Waals surface area contributed by atoms with Crippen LogP contribution in [0.4, 0.5) is 0 Å². The van der Waals surface area contributed by atoms with Crippen molar-refractivity contribution < 1.29 is 5.11 Å². The number of benzene rings is 1. The highest BCUT2D eigenvalue weighted by Gasteiger charge is 2.15. The molecule has 0 bridgehead atoms. The Labute approximate surface area is 114 Å². The zero-order valence-corrected chi connectivity index (χ0v) is 12.1. The van der Waals surface area contributed by atoms with E-state index in [9.17, 15) is 0 Å². The summed E-state index contributed by atoms with van der Waals surface area (Å²) in [6, 6.07) is 6.56. The minimum Gasteiger partial charge on any atom is -0.396 e. The Morgan fingerprint density at radius 2 is 2.00 bits per heavy atom. The summed E-state index contributed by atoms with van der Waals surface area (Å²) in [5, 5.41) is 8.92. The van der Waals surface area contributed by atoms with Crippen LogP contribution in [0.3, 0.4) is 0 Å². The van der Waals surface area contributed by atoms with Crippen molar-refractivity contribution in [1.82, 2.24) is 9.97 Å². The number of aryl methyl sites for hydroxylation is 1. The summed E-state index contributed by atoms with van der Waals surface area (Å²) in [5.74, 6) is 0.830. The Morgan fingerprint density at radius 3 is 2.58 bits per heavy atom. The van der Waals surface area contributed by atoms with E-state index in [2.05, 4.69) is 55.9 Å². The van der Waals surface area contributed by atoms with Gasteiger partial charge in [0.05, 0.1) is 18.5 Å². The molecule has 2 aromatic rings. The number of aromatic amines is 1. The summed E-state index contributed by atoms with van der Waals surface area (Å²) in [6.07, 6.45) is 2.41. The molecule has 0 unspecified atom stereocenters. The summed E-state index contributed by atoms with van der Waals surface area (Å²) in [5.41, 5.74) is 4.93. The van der Waals surface area contributed by atoms with Crippen LogP contribution in [-0.4, -0.2) is 21.7 Å². The van der Waals surface area contributed by atoms with Gasteiger partial charge in [0.1, 0.15) is 5.82 Å². The number of aliphatic hydroxyl groups is 1. The molecular weight excluding hydrogens is 236 g/mol. The molecule has 0 spiro atoms. The third-order valence-corrected chi connectivity index (χ3v) is 3.36. The Bertz CT molecular complexity index is 564. The molecule has 3 heteroatoms. The number of rotatable bonds is 3. The van der Waals surface area contributed by atoms with E-state index >= 15 is 0 Å². The van der Waals surface area contributed by atoms with Gasteiger partial charge in [0.2, 0.25) is 0 Å². The largest absolute Gasteiger partial charge is 0.396 e. The monoisotopic (exact) mass is 258 g/mol. The molecular formula is C16H22N2O. The Balaban J connectivity index is 2.35. The molecule has 0 aliphatic carbocycles. The van der Waals surface area contributed by atoms with E-state index in [1.54, 1.807) is 0 Å². The summed E-state index contributed by atoms with van der Waals surface area (Å²) < 4.78 is 0. The van der Waals surface area contributed by atoms with Crippen LogP contribution in [0.2, 0.25) is 0 Å². The lowest BCUT2D eigenvalue weighted by Gasteiger charge is -2.20. The first kappa shape index (κ1) is 13.8. The van der Waals surface area contributed by atoms with Gasteiger partial charge in [0, 0.05) is 12.0 Å². The van der Waals surface area contributed by atoms with Crippen molar-refractivity contribution in [3.05, 3.63) is 41.3 Å². The van der Waals surface area contributed by atoms with Gasteiger partial charge < -0.3 is 10.1 Å². The second-order valence-electron chi connectivity index (χ2n) is 6.00. The van der Waals surface area contributed by atoms with Crippen LogP contribution in [0.15, 0.2) is 24.4 Å². The van der Waals surface area contributed by atoms with Crippen molar-refractivity contribution >= 4 is 0 Å². The van der Waals surface area contributed by atoms with Gasteiger partial charge in [-0.05, 0) is 23.5 Å². The maximum atomic E-state index is 8.92. The van der Waals surface area contributed by atoms with Crippen LogP contribution in [-0.2, 0) is 11.8 Å². The van der Waals surface area contributed by atoms with E-state index < -0.39 is 0 Å². The molecule has 0 fully saturated rings. The molecule has 0 saturated heterocycles. The van der Waals surface area contributed by atoms with E-state index in [0.717, 1.165) is 11.5 Å². The van der Waals surface area contributed by atoms with Crippen molar-refractivity contribution in [2.45, 2.75) is 39.5 Å². The molecule has 2 N–H and O–H groups in total. The van der Waals surface area contributed by atoms with Crippen molar-refractivity contribution in [2.75, 3.05) is 6.61 Å². The molecule has 0 radical (unpaired) electrons. The normalized spacial score (nSPS) is 11.8. The highest BCUT2D eigenvalue weighted by atomic mass is 16.3. The minimum atomic E-state index is 0.120. The molecule has 0 saturated carbocycles.